The van der Waals surface area contributed by atoms with Gasteiger partial charge in [-0.15, -0.1) is 0 Å². The third-order valence-corrected chi connectivity index (χ3v) is 8.42. The summed E-state index contributed by atoms with van der Waals surface area (Å²) in [5, 5.41) is 2.05. The first kappa shape index (κ1) is 30.8. The Bertz CT molecular complexity index is 1280. The standard InChI is InChI=1S/C33H46N2O6/c1-8-22-18-34-29-25-15-21(12-13-24(22)25)11-10-14-33(6,7)20-40-28(36)17-26(32(3,4)5)30(37)35-19-23(41-29)16-27(35)31(38)39-9-2/h12-13,15,18,23,26-27H,8-11,14,16-17,19-20H2,1-7H3/t23-,26+,27-/m0/s1. The summed E-state index contributed by atoms with van der Waals surface area (Å²) in [5.74, 6) is -1.28. The summed E-state index contributed by atoms with van der Waals surface area (Å²) in [6, 6.07) is 5.66. The van der Waals surface area contributed by atoms with Gasteiger partial charge in [0.25, 0.3) is 0 Å². The van der Waals surface area contributed by atoms with Gasteiger partial charge in [0.2, 0.25) is 11.8 Å². The Morgan fingerprint density at radius 3 is 2.61 bits per heavy atom. The first-order chi connectivity index (χ1) is 19.3. The number of pyridine rings is 1. The second-order valence-electron chi connectivity index (χ2n) is 13.4. The van der Waals surface area contributed by atoms with E-state index in [2.05, 4.69) is 39.0 Å². The molecule has 4 bridgehead atoms. The van der Waals surface area contributed by atoms with Gasteiger partial charge in [0.05, 0.1) is 32.1 Å². The smallest absolute Gasteiger partial charge is 0.328 e. The highest BCUT2D eigenvalue weighted by Crippen LogP contribution is 2.36. The lowest BCUT2D eigenvalue weighted by Crippen LogP contribution is -2.48. The molecular weight excluding hydrogens is 520 g/mol. The second kappa shape index (κ2) is 12.4. The number of carbonyl (C=O) groups excluding carboxylic acids is 3. The topological polar surface area (TPSA) is 95.0 Å². The van der Waals surface area contributed by atoms with Crippen molar-refractivity contribution in [2.45, 2.75) is 99.1 Å². The first-order valence-electron chi connectivity index (χ1n) is 15.0. The highest BCUT2D eigenvalue weighted by atomic mass is 16.5. The van der Waals surface area contributed by atoms with E-state index in [0.29, 0.717) is 12.3 Å². The lowest BCUT2D eigenvalue weighted by molar-refractivity contribution is -0.158. The van der Waals surface area contributed by atoms with Crippen molar-refractivity contribution in [3.05, 3.63) is 35.5 Å². The van der Waals surface area contributed by atoms with Crippen LogP contribution < -0.4 is 4.74 Å². The van der Waals surface area contributed by atoms with Gasteiger partial charge < -0.3 is 19.1 Å². The summed E-state index contributed by atoms with van der Waals surface area (Å²) in [6.07, 6.45) is 5.19. The Morgan fingerprint density at radius 1 is 1.17 bits per heavy atom. The summed E-state index contributed by atoms with van der Waals surface area (Å²) in [4.78, 5) is 46.5. The number of amides is 1. The van der Waals surface area contributed by atoms with Crippen molar-refractivity contribution in [1.82, 2.24) is 9.88 Å². The molecule has 8 heteroatoms. The molecule has 1 aromatic carbocycles. The monoisotopic (exact) mass is 566 g/mol. The van der Waals surface area contributed by atoms with E-state index in [4.69, 9.17) is 19.2 Å². The molecule has 8 nitrogen and oxygen atoms in total. The van der Waals surface area contributed by atoms with Crippen LogP contribution in [0.3, 0.4) is 0 Å². The summed E-state index contributed by atoms with van der Waals surface area (Å²) >= 11 is 0. The highest BCUT2D eigenvalue weighted by molar-refractivity contribution is 5.91. The van der Waals surface area contributed by atoms with Gasteiger partial charge in [-0.3, -0.25) is 9.59 Å². The largest absolute Gasteiger partial charge is 0.472 e. The molecule has 3 heterocycles. The number of cyclic esters (lactones) is 1. The van der Waals surface area contributed by atoms with E-state index >= 15 is 0 Å². The van der Waals surface area contributed by atoms with Crippen molar-refractivity contribution in [1.29, 1.82) is 0 Å². The van der Waals surface area contributed by atoms with Crippen LogP contribution in [0.15, 0.2) is 24.4 Å². The highest BCUT2D eigenvalue weighted by Gasteiger charge is 2.46. The molecule has 0 unspecified atom stereocenters. The molecule has 2 aliphatic rings. The predicted molar refractivity (Wildman–Crippen MR) is 158 cm³/mol. The van der Waals surface area contributed by atoms with Gasteiger partial charge >= 0.3 is 11.9 Å². The van der Waals surface area contributed by atoms with E-state index in [1.54, 1.807) is 11.8 Å². The molecule has 224 valence electrons. The Hall–Kier alpha value is -3.16. The fourth-order valence-corrected chi connectivity index (χ4v) is 5.91. The normalized spacial score (nSPS) is 24.0. The quantitative estimate of drug-likeness (QED) is 0.442. The maximum absolute atomic E-state index is 14.1. The molecule has 2 aromatic rings. The third-order valence-electron chi connectivity index (χ3n) is 8.42. The Balaban J connectivity index is 1.77. The minimum absolute atomic E-state index is 0.0544. The van der Waals surface area contributed by atoms with Gasteiger partial charge in [0.1, 0.15) is 12.1 Å². The SMILES string of the molecule is CCOC(=O)[C@@H]1C[C@H]2CN1C(=O)[C@H](C(C)(C)C)CC(=O)OCC(C)(C)CCCc1ccc3c(CC)cnc(c3c1)O2. The molecule has 1 fully saturated rings. The van der Waals surface area contributed by atoms with E-state index in [1.807, 2.05) is 27.0 Å². The van der Waals surface area contributed by atoms with Crippen molar-refractivity contribution in [2.75, 3.05) is 19.8 Å². The van der Waals surface area contributed by atoms with Crippen molar-refractivity contribution < 1.29 is 28.6 Å². The zero-order valence-electron chi connectivity index (χ0n) is 25.7. The van der Waals surface area contributed by atoms with Crippen molar-refractivity contribution in [2.24, 2.45) is 16.7 Å². The number of nitrogens with zero attached hydrogens (tertiary/aromatic N) is 2. The van der Waals surface area contributed by atoms with Crippen molar-refractivity contribution >= 4 is 28.6 Å². The predicted octanol–water partition coefficient (Wildman–Crippen LogP) is 5.67. The molecule has 0 saturated carbocycles. The average molecular weight is 567 g/mol. The summed E-state index contributed by atoms with van der Waals surface area (Å²) < 4.78 is 17.6. The molecular formula is C33H46N2O6. The summed E-state index contributed by atoms with van der Waals surface area (Å²) in [7, 11) is 0. The van der Waals surface area contributed by atoms with E-state index in [-0.39, 0.29) is 37.5 Å². The molecule has 2 aliphatic heterocycles. The molecule has 1 amide bonds. The van der Waals surface area contributed by atoms with Crippen LogP contribution in [0, 0.1) is 16.7 Å². The summed E-state index contributed by atoms with van der Waals surface area (Å²) in [6.45, 7) is 14.6. The van der Waals surface area contributed by atoms with Crippen LogP contribution >= 0.6 is 0 Å². The van der Waals surface area contributed by atoms with Gasteiger partial charge in [-0.2, -0.15) is 0 Å². The van der Waals surface area contributed by atoms with E-state index in [9.17, 15) is 14.4 Å². The Morgan fingerprint density at radius 2 is 1.93 bits per heavy atom. The number of rotatable bonds is 3. The van der Waals surface area contributed by atoms with Crippen LogP contribution in [0.4, 0.5) is 0 Å². The number of aryl methyl sites for hydroxylation is 2. The zero-order valence-corrected chi connectivity index (χ0v) is 25.7. The lowest BCUT2D eigenvalue weighted by Gasteiger charge is -2.34. The number of ether oxygens (including phenoxy) is 3. The third kappa shape index (κ3) is 7.19. The fourth-order valence-electron chi connectivity index (χ4n) is 5.91. The number of aromatic nitrogens is 1. The second-order valence-corrected chi connectivity index (χ2v) is 13.4. The Labute approximate surface area is 244 Å². The minimum Gasteiger partial charge on any atom is -0.472 e. The molecule has 1 saturated heterocycles. The van der Waals surface area contributed by atoms with Gasteiger partial charge in [0, 0.05) is 18.0 Å². The molecule has 0 aliphatic carbocycles. The lowest BCUT2D eigenvalue weighted by atomic mass is 9.77. The van der Waals surface area contributed by atoms with E-state index in [0.717, 1.165) is 42.0 Å². The van der Waals surface area contributed by atoms with Crippen LogP contribution in [0.1, 0.15) is 85.3 Å². The number of benzene rings is 1. The van der Waals surface area contributed by atoms with Gasteiger partial charge in [-0.05, 0) is 66.0 Å². The number of fused-ring (bicyclic) bond motifs is 3. The number of hydrogen-bond donors (Lipinski definition) is 0. The van der Waals surface area contributed by atoms with Gasteiger partial charge in [-0.1, -0.05) is 53.7 Å². The maximum atomic E-state index is 14.1. The number of carbonyl (C=O) groups is 3. The zero-order chi connectivity index (χ0) is 29.9. The minimum atomic E-state index is -0.800. The summed E-state index contributed by atoms with van der Waals surface area (Å²) in [5.41, 5.74) is 1.59. The van der Waals surface area contributed by atoms with Gasteiger partial charge in [-0.25, -0.2) is 9.78 Å². The molecule has 1 aromatic heterocycles. The van der Waals surface area contributed by atoms with Crippen LogP contribution in [-0.2, 0) is 36.7 Å². The van der Waals surface area contributed by atoms with E-state index < -0.39 is 35.4 Å². The van der Waals surface area contributed by atoms with Crippen LogP contribution in [-0.4, -0.2) is 59.6 Å². The van der Waals surface area contributed by atoms with Crippen molar-refractivity contribution in [3.63, 3.8) is 0 Å². The van der Waals surface area contributed by atoms with Crippen molar-refractivity contribution in [3.8, 4) is 5.88 Å². The number of hydrogen-bond acceptors (Lipinski definition) is 7. The molecule has 3 atom stereocenters. The van der Waals surface area contributed by atoms with Crippen LogP contribution in [0.5, 0.6) is 5.88 Å². The molecule has 0 N–H and O–H groups in total. The molecule has 0 spiro atoms. The van der Waals surface area contributed by atoms with E-state index in [1.165, 1.54) is 5.56 Å². The molecule has 0 radical (unpaired) electrons. The fraction of sp³-hybridized carbons (Fsp3) is 0.636. The van der Waals surface area contributed by atoms with Gasteiger partial charge in [0.15, 0.2) is 0 Å². The number of esters is 2. The average Bonchev–Trinajstić information content (AvgIpc) is 3.33. The molecule has 41 heavy (non-hydrogen) atoms. The first-order valence-corrected chi connectivity index (χ1v) is 15.0. The van der Waals surface area contributed by atoms with Crippen LogP contribution in [0.25, 0.3) is 10.8 Å². The molecule has 4 rings (SSSR count). The maximum Gasteiger partial charge on any atom is 0.328 e. The Kier molecular flexibility index (Phi) is 9.29. The van der Waals surface area contributed by atoms with Crippen LogP contribution in [0.2, 0.25) is 0 Å².